The van der Waals surface area contributed by atoms with Gasteiger partial charge in [-0.25, -0.2) is 0 Å². The van der Waals surface area contributed by atoms with Crippen LogP contribution in [0.15, 0.2) is 64.4 Å². The summed E-state index contributed by atoms with van der Waals surface area (Å²) in [7, 11) is 1.62. The second-order valence-electron chi connectivity index (χ2n) is 7.41. The lowest BCUT2D eigenvalue weighted by Gasteiger charge is -2.09. The molecule has 34 heavy (non-hydrogen) atoms. The Balaban J connectivity index is 1.49. The van der Waals surface area contributed by atoms with Gasteiger partial charge in [0, 0.05) is 23.9 Å². The van der Waals surface area contributed by atoms with E-state index in [0.29, 0.717) is 35.4 Å². The lowest BCUT2D eigenvalue weighted by Crippen LogP contribution is -2.22. The third kappa shape index (κ3) is 5.95. The van der Waals surface area contributed by atoms with E-state index in [0.717, 1.165) is 22.0 Å². The number of thiophene rings is 1. The van der Waals surface area contributed by atoms with Crippen LogP contribution < -0.4 is 10.1 Å². The van der Waals surface area contributed by atoms with Crippen molar-refractivity contribution in [3.63, 3.8) is 0 Å². The van der Waals surface area contributed by atoms with Gasteiger partial charge in [0.2, 0.25) is 5.91 Å². The molecule has 0 bridgehead atoms. The highest BCUT2D eigenvalue weighted by molar-refractivity contribution is 7.99. The molecular formula is C24H24N4O4S2. The summed E-state index contributed by atoms with van der Waals surface area (Å²) in [5.74, 6) is 2.36. The van der Waals surface area contributed by atoms with Crippen molar-refractivity contribution in [2.75, 3.05) is 19.4 Å². The van der Waals surface area contributed by atoms with Crippen LogP contribution in [0.1, 0.15) is 27.2 Å². The van der Waals surface area contributed by atoms with Crippen molar-refractivity contribution in [3.8, 4) is 17.1 Å². The number of amides is 1. The van der Waals surface area contributed by atoms with E-state index in [1.54, 1.807) is 13.4 Å². The lowest BCUT2D eigenvalue weighted by atomic mass is 10.2. The average Bonchev–Trinajstić information content (AvgIpc) is 3.59. The Kier molecular flexibility index (Phi) is 7.81. The fraction of sp³-hybridized carbons (Fsp3) is 0.250. The molecule has 0 aliphatic carbocycles. The van der Waals surface area contributed by atoms with Crippen LogP contribution in [0.4, 0.5) is 0 Å². The number of ether oxygens (including phenoxy) is 1. The van der Waals surface area contributed by atoms with Crippen LogP contribution in [-0.4, -0.2) is 45.9 Å². The maximum atomic E-state index is 12.8. The summed E-state index contributed by atoms with van der Waals surface area (Å²) >= 11 is 2.80. The summed E-state index contributed by atoms with van der Waals surface area (Å²) in [6.45, 7) is 2.49. The SMILES string of the molecule is COc1cccc(-c2nnc(SCC(=O)c3ccc(CCNC(C)=O)s3)n2Cc2ccco2)c1. The van der Waals surface area contributed by atoms with E-state index >= 15 is 0 Å². The van der Waals surface area contributed by atoms with E-state index in [1.165, 1.54) is 30.0 Å². The van der Waals surface area contributed by atoms with Gasteiger partial charge in [-0.1, -0.05) is 23.9 Å². The third-order valence-electron chi connectivity index (χ3n) is 4.95. The number of benzene rings is 1. The number of hydrogen-bond donors (Lipinski definition) is 1. The van der Waals surface area contributed by atoms with Gasteiger partial charge in [0.05, 0.1) is 30.5 Å². The van der Waals surface area contributed by atoms with E-state index in [1.807, 2.05) is 53.1 Å². The summed E-state index contributed by atoms with van der Waals surface area (Å²) in [6.07, 6.45) is 2.33. The van der Waals surface area contributed by atoms with E-state index in [-0.39, 0.29) is 17.4 Å². The van der Waals surface area contributed by atoms with Crippen molar-refractivity contribution in [3.05, 3.63) is 70.3 Å². The van der Waals surface area contributed by atoms with Crippen LogP contribution >= 0.6 is 23.1 Å². The summed E-state index contributed by atoms with van der Waals surface area (Å²) < 4.78 is 12.8. The molecule has 176 valence electrons. The fourth-order valence-corrected chi connectivity index (χ4v) is 5.15. The first-order chi connectivity index (χ1) is 16.5. The van der Waals surface area contributed by atoms with E-state index < -0.39 is 0 Å². The molecule has 0 radical (unpaired) electrons. The fourth-order valence-electron chi connectivity index (χ4n) is 3.30. The lowest BCUT2D eigenvalue weighted by molar-refractivity contribution is -0.118. The monoisotopic (exact) mass is 496 g/mol. The second-order valence-corrected chi connectivity index (χ2v) is 9.53. The van der Waals surface area contributed by atoms with E-state index in [2.05, 4.69) is 15.5 Å². The number of thioether (sulfide) groups is 1. The second kappa shape index (κ2) is 11.2. The van der Waals surface area contributed by atoms with Crippen molar-refractivity contribution in [2.24, 2.45) is 0 Å². The standard InChI is InChI=1S/C24H24N4O4S2/c1-16(29)25-11-10-20-8-9-22(34-20)21(30)15-33-24-27-26-23(17-5-3-6-18(13-17)31-2)28(24)14-19-7-4-12-32-19/h3-9,12-13H,10-11,14-15H2,1-2H3,(H,25,29). The molecule has 1 amide bonds. The highest BCUT2D eigenvalue weighted by Gasteiger charge is 2.18. The predicted molar refractivity (Wildman–Crippen MR) is 132 cm³/mol. The average molecular weight is 497 g/mol. The molecule has 0 atom stereocenters. The molecule has 3 heterocycles. The van der Waals surface area contributed by atoms with Gasteiger partial charge < -0.3 is 14.5 Å². The van der Waals surface area contributed by atoms with Gasteiger partial charge in [-0.2, -0.15) is 0 Å². The largest absolute Gasteiger partial charge is 0.497 e. The topological polar surface area (TPSA) is 99.3 Å². The van der Waals surface area contributed by atoms with Gasteiger partial charge in [-0.3, -0.25) is 14.2 Å². The highest BCUT2D eigenvalue weighted by atomic mass is 32.2. The number of methoxy groups -OCH3 is 1. The van der Waals surface area contributed by atoms with Gasteiger partial charge in [-0.15, -0.1) is 21.5 Å². The normalized spacial score (nSPS) is 10.9. The van der Waals surface area contributed by atoms with Crippen molar-refractivity contribution < 1.29 is 18.7 Å². The van der Waals surface area contributed by atoms with Crippen LogP contribution in [0.5, 0.6) is 5.75 Å². The predicted octanol–water partition coefficient (Wildman–Crippen LogP) is 4.31. The minimum absolute atomic E-state index is 0.0243. The Hall–Kier alpha value is -3.37. The third-order valence-corrected chi connectivity index (χ3v) is 7.11. The number of carbonyl (C=O) groups is 2. The maximum Gasteiger partial charge on any atom is 0.216 e. The molecular weight excluding hydrogens is 472 g/mol. The number of carbonyl (C=O) groups excluding carboxylic acids is 2. The van der Waals surface area contributed by atoms with Crippen molar-refractivity contribution in [2.45, 2.75) is 25.0 Å². The van der Waals surface area contributed by atoms with Gasteiger partial charge in [0.15, 0.2) is 16.8 Å². The first-order valence-electron chi connectivity index (χ1n) is 10.6. The van der Waals surface area contributed by atoms with Crippen LogP contribution in [0, 0.1) is 0 Å². The Morgan fingerprint density at radius 3 is 2.82 bits per heavy atom. The van der Waals surface area contributed by atoms with Gasteiger partial charge >= 0.3 is 0 Å². The first-order valence-corrected chi connectivity index (χ1v) is 12.4. The van der Waals surface area contributed by atoms with Crippen molar-refractivity contribution in [1.29, 1.82) is 0 Å². The Bertz CT molecular complexity index is 1260. The molecule has 4 rings (SSSR count). The Morgan fingerprint density at radius 2 is 2.06 bits per heavy atom. The number of ketones is 1. The summed E-state index contributed by atoms with van der Waals surface area (Å²) in [4.78, 5) is 25.6. The Labute approximate surface area is 205 Å². The molecule has 10 heteroatoms. The minimum atomic E-state index is -0.0590. The smallest absolute Gasteiger partial charge is 0.216 e. The molecule has 0 aliphatic heterocycles. The van der Waals surface area contributed by atoms with Crippen LogP contribution in [0.25, 0.3) is 11.4 Å². The molecule has 1 aromatic carbocycles. The maximum absolute atomic E-state index is 12.8. The zero-order chi connectivity index (χ0) is 23.9. The van der Waals surface area contributed by atoms with Gasteiger partial charge in [0.1, 0.15) is 11.5 Å². The highest BCUT2D eigenvalue weighted by Crippen LogP contribution is 2.28. The molecule has 0 saturated carbocycles. The number of hydrogen-bond acceptors (Lipinski definition) is 8. The van der Waals surface area contributed by atoms with E-state index in [9.17, 15) is 9.59 Å². The first kappa shape index (κ1) is 23.8. The molecule has 0 unspecified atom stereocenters. The number of Topliss-reactive ketones (excluding diaryl/α,β-unsaturated/α-hetero) is 1. The molecule has 0 spiro atoms. The molecule has 3 aromatic heterocycles. The molecule has 0 saturated heterocycles. The van der Waals surface area contributed by atoms with Crippen LogP contribution in [0.2, 0.25) is 0 Å². The van der Waals surface area contributed by atoms with Gasteiger partial charge in [-0.05, 0) is 42.8 Å². The zero-order valence-electron chi connectivity index (χ0n) is 18.8. The summed E-state index contributed by atoms with van der Waals surface area (Å²) in [5, 5.41) is 12.2. The molecule has 8 nitrogen and oxygen atoms in total. The van der Waals surface area contributed by atoms with Crippen LogP contribution in [-0.2, 0) is 17.8 Å². The quantitative estimate of drug-likeness (QED) is 0.244. The van der Waals surface area contributed by atoms with Crippen molar-refractivity contribution in [1.82, 2.24) is 20.1 Å². The Morgan fingerprint density at radius 1 is 1.18 bits per heavy atom. The number of nitrogens with zero attached hydrogens (tertiary/aromatic N) is 3. The molecule has 0 fully saturated rings. The summed E-state index contributed by atoms with van der Waals surface area (Å²) in [5.41, 5.74) is 0.860. The number of furan rings is 1. The van der Waals surface area contributed by atoms with Crippen molar-refractivity contribution >= 4 is 34.8 Å². The number of nitrogens with one attached hydrogen (secondary N) is 1. The molecule has 0 aliphatic rings. The minimum Gasteiger partial charge on any atom is -0.497 e. The zero-order valence-corrected chi connectivity index (χ0v) is 20.4. The van der Waals surface area contributed by atoms with Crippen LogP contribution in [0.3, 0.4) is 0 Å². The molecule has 1 N–H and O–H groups in total. The molecule has 4 aromatic rings. The summed E-state index contributed by atoms with van der Waals surface area (Å²) in [6, 6.07) is 15.1. The number of rotatable bonds is 11. The van der Waals surface area contributed by atoms with E-state index in [4.69, 9.17) is 9.15 Å². The van der Waals surface area contributed by atoms with Gasteiger partial charge in [0.25, 0.3) is 0 Å². The number of aromatic nitrogens is 3.